The second kappa shape index (κ2) is 6.55. The monoisotopic (exact) mass is 295 g/mol. The minimum Gasteiger partial charge on any atom is -0.497 e. The van der Waals surface area contributed by atoms with Crippen molar-refractivity contribution in [2.45, 2.75) is 12.8 Å². The molecule has 0 aliphatic heterocycles. The molecule has 0 fully saturated rings. The van der Waals surface area contributed by atoms with Gasteiger partial charge in [0.25, 0.3) is 0 Å². The lowest BCUT2D eigenvalue weighted by Crippen LogP contribution is -1.92. The zero-order chi connectivity index (χ0) is 14.5. The van der Waals surface area contributed by atoms with Gasteiger partial charge in [0.2, 0.25) is 0 Å². The number of hydrogen-bond donors (Lipinski definition) is 0. The van der Waals surface area contributed by atoms with Crippen molar-refractivity contribution in [3.8, 4) is 16.3 Å². The molecule has 0 unspecified atom stereocenters. The fourth-order valence-electron chi connectivity index (χ4n) is 2.33. The molecule has 0 amide bonds. The molecule has 0 bridgehead atoms. The molecule has 2 nitrogen and oxygen atoms in total. The predicted octanol–water partition coefficient (Wildman–Crippen LogP) is 4.60. The fourth-order valence-corrected chi connectivity index (χ4v) is 3.26. The lowest BCUT2D eigenvalue weighted by Gasteiger charge is -2.05. The van der Waals surface area contributed by atoms with Gasteiger partial charge < -0.3 is 4.74 Å². The minimum atomic E-state index is 0.906. The van der Waals surface area contributed by atoms with Crippen LogP contribution in [0.1, 0.15) is 11.1 Å². The molecular formula is C18H17NOS. The minimum absolute atomic E-state index is 0.906. The molecule has 0 aliphatic rings. The Morgan fingerprint density at radius 1 is 1.00 bits per heavy atom. The van der Waals surface area contributed by atoms with E-state index in [1.165, 1.54) is 16.0 Å². The maximum absolute atomic E-state index is 5.19. The van der Waals surface area contributed by atoms with Crippen LogP contribution in [0.5, 0.6) is 5.75 Å². The SMILES string of the molecule is COc1ccc(CCc2ccsc2-c2ccccn2)cc1. The number of benzene rings is 1. The van der Waals surface area contributed by atoms with E-state index in [0.29, 0.717) is 0 Å². The summed E-state index contributed by atoms with van der Waals surface area (Å²) in [5.41, 5.74) is 3.76. The van der Waals surface area contributed by atoms with Gasteiger partial charge in [-0.1, -0.05) is 18.2 Å². The average molecular weight is 295 g/mol. The van der Waals surface area contributed by atoms with E-state index in [1.807, 2.05) is 30.5 Å². The van der Waals surface area contributed by atoms with Crippen molar-refractivity contribution < 1.29 is 4.74 Å². The summed E-state index contributed by atoms with van der Waals surface area (Å²) < 4.78 is 5.19. The van der Waals surface area contributed by atoms with Gasteiger partial charge in [0.15, 0.2) is 0 Å². The Labute approximate surface area is 129 Å². The van der Waals surface area contributed by atoms with E-state index in [9.17, 15) is 0 Å². The van der Waals surface area contributed by atoms with Gasteiger partial charge in [0.1, 0.15) is 5.75 Å². The molecule has 0 spiro atoms. The Morgan fingerprint density at radius 2 is 1.86 bits per heavy atom. The first kappa shape index (κ1) is 13.8. The van der Waals surface area contributed by atoms with Crippen LogP contribution < -0.4 is 4.74 Å². The molecule has 0 N–H and O–H groups in total. The smallest absolute Gasteiger partial charge is 0.118 e. The Kier molecular flexibility index (Phi) is 4.31. The highest BCUT2D eigenvalue weighted by Crippen LogP contribution is 2.29. The van der Waals surface area contributed by atoms with E-state index >= 15 is 0 Å². The number of nitrogens with zero attached hydrogens (tertiary/aromatic N) is 1. The highest BCUT2D eigenvalue weighted by atomic mass is 32.1. The van der Waals surface area contributed by atoms with Crippen molar-refractivity contribution in [3.05, 3.63) is 71.2 Å². The number of hydrogen-bond acceptors (Lipinski definition) is 3. The Hall–Kier alpha value is -2.13. The number of rotatable bonds is 5. The molecule has 3 rings (SSSR count). The summed E-state index contributed by atoms with van der Waals surface area (Å²) in [5, 5.41) is 2.15. The molecule has 0 saturated heterocycles. The lowest BCUT2D eigenvalue weighted by atomic mass is 10.0. The van der Waals surface area contributed by atoms with Crippen LogP contribution in [0.2, 0.25) is 0 Å². The van der Waals surface area contributed by atoms with Crippen molar-refractivity contribution in [3.63, 3.8) is 0 Å². The van der Waals surface area contributed by atoms with E-state index in [2.05, 4.69) is 34.6 Å². The van der Waals surface area contributed by atoms with Gasteiger partial charge in [-0.2, -0.15) is 0 Å². The highest BCUT2D eigenvalue weighted by molar-refractivity contribution is 7.13. The third-order valence-electron chi connectivity index (χ3n) is 3.49. The van der Waals surface area contributed by atoms with Crippen LogP contribution in [0.3, 0.4) is 0 Å². The summed E-state index contributed by atoms with van der Waals surface area (Å²) in [6.45, 7) is 0. The summed E-state index contributed by atoms with van der Waals surface area (Å²) in [6.07, 6.45) is 3.91. The van der Waals surface area contributed by atoms with E-state index in [4.69, 9.17) is 4.74 Å². The second-order valence-electron chi connectivity index (χ2n) is 4.84. The summed E-state index contributed by atoms with van der Waals surface area (Å²) in [7, 11) is 1.69. The van der Waals surface area contributed by atoms with Crippen LogP contribution in [0.25, 0.3) is 10.6 Å². The fraction of sp³-hybridized carbons (Fsp3) is 0.167. The van der Waals surface area contributed by atoms with Crippen LogP contribution >= 0.6 is 11.3 Å². The van der Waals surface area contributed by atoms with Gasteiger partial charge in [0.05, 0.1) is 17.7 Å². The summed E-state index contributed by atoms with van der Waals surface area (Å²) in [6, 6.07) is 16.6. The molecule has 0 atom stereocenters. The largest absolute Gasteiger partial charge is 0.497 e. The molecule has 0 radical (unpaired) electrons. The quantitative estimate of drug-likeness (QED) is 0.686. The predicted molar refractivity (Wildman–Crippen MR) is 88.0 cm³/mol. The third-order valence-corrected chi connectivity index (χ3v) is 4.47. The van der Waals surface area contributed by atoms with Crippen LogP contribution in [0, 0.1) is 0 Å². The first-order valence-corrected chi connectivity index (χ1v) is 7.85. The number of aryl methyl sites for hydroxylation is 2. The van der Waals surface area contributed by atoms with E-state index in [0.717, 1.165) is 24.3 Å². The van der Waals surface area contributed by atoms with Crippen LogP contribution in [-0.2, 0) is 12.8 Å². The third kappa shape index (κ3) is 3.31. The van der Waals surface area contributed by atoms with Gasteiger partial charge in [-0.25, -0.2) is 0 Å². The number of thiophene rings is 1. The van der Waals surface area contributed by atoms with Crippen molar-refractivity contribution in [1.82, 2.24) is 4.98 Å². The average Bonchev–Trinajstić information content (AvgIpc) is 3.03. The Morgan fingerprint density at radius 3 is 2.57 bits per heavy atom. The summed E-state index contributed by atoms with van der Waals surface area (Å²) >= 11 is 1.76. The first-order valence-electron chi connectivity index (χ1n) is 6.97. The molecule has 2 aromatic heterocycles. The van der Waals surface area contributed by atoms with Crippen LogP contribution in [-0.4, -0.2) is 12.1 Å². The molecule has 21 heavy (non-hydrogen) atoms. The van der Waals surface area contributed by atoms with E-state index < -0.39 is 0 Å². The second-order valence-corrected chi connectivity index (χ2v) is 5.75. The molecule has 0 aliphatic carbocycles. The van der Waals surface area contributed by atoms with Crippen molar-refractivity contribution in [2.75, 3.05) is 7.11 Å². The van der Waals surface area contributed by atoms with Crippen LogP contribution in [0.4, 0.5) is 0 Å². The van der Waals surface area contributed by atoms with Gasteiger partial charge in [-0.3, -0.25) is 4.98 Å². The topological polar surface area (TPSA) is 22.1 Å². The highest BCUT2D eigenvalue weighted by Gasteiger charge is 2.08. The van der Waals surface area contributed by atoms with Crippen molar-refractivity contribution in [1.29, 1.82) is 0 Å². The number of methoxy groups -OCH3 is 1. The zero-order valence-electron chi connectivity index (χ0n) is 12.0. The van der Waals surface area contributed by atoms with Gasteiger partial charge in [-0.05, 0) is 59.7 Å². The maximum Gasteiger partial charge on any atom is 0.118 e. The van der Waals surface area contributed by atoms with Crippen molar-refractivity contribution >= 4 is 11.3 Å². The summed E-state index contributed by atoms with van der Waals surface area (Å²) in [4.78, 5) is 5.74. The standard InChI is InChI=1S/C18H17NOS/c1-20-16-9-6-14(7-10-16)5-8-15-11-13-21-18(15)17-4-2-3-12-19-17/h2-4,6-7,9-13H,5,8H2,1H3. The maximum atomic E-state index is 5.19. The van der Waals surface area contributed by atoms with Crippen molar-refractivity contribution in [2.24, 2.45) is 0 Å². The number of ether oxygens (including phenoxy) is 1. The molecule has 2 heterocycles. The van der Waals surface area contributed by atoms with Gasteiger partial charge in [0, 0.05) is 6.20 Å². The molecule has 1 aromatic carbocycles. The molecule has 3 aromatic rings. The number of pyridine rings is 1. The van der Waals surface area contributed by atoms with Gasteiger partial charge in [-0.15, -0.1) is 11.3 Å². The van der Waals surface area contributed by atoms with Crippen LogP contribution in [0.15, 0.2) is 60.1 Å². The van der Waals surface area contributed by atoms with E-state index in [1.54, 1.807) is 18.4 Å². The normalized spacial score (nSPS) is 10.5. The lowest BCUT2D eigenvalue weighted by molar-refractivity contribution is 0.414. The first-order chi connectivity index (χ1) is 10.4. The number of aromatic nitrogens is 1. The zero-order valence-corrected chi connectivity index (χ0v) is 12.8. The molecular weight excluding hydrogens is 278 g/mol. The molecule has 0 saturated carbocycles. The Bertz CT molecular complexity index is 689. The summed E-state index contributed by atoms with van der Waals surface area (Å²) in [5.74, 6) is 0.906. The Balaban J connectivity index is 1.72. The molecule has 3 heteroatoms. The van der Waals surface area contributed by atoms with E-state index in [-0.39, 0.29) is 0 Å². The van der Waals surface area contributed by atoms with Gasteiger partial charge >= 0.3 is 0 Å². The molecule has 106 valence electrons.